The third-order valence-corrected chi connectivity index (χ3v) is 6.67. The van der Waals surface area contributed by atoms with Gasteiger partial charge in [0.1, 0.15) is 6.04 Å². The Kier molecular flexibility index (Phi) is 5.64. The van der Waals surface area contributed by atoms with Gasteiger partial charge in [0.25, 0.3) is 0 Å². The smallest absolute Gasteiger partial charge is 0.241 e. The molecule has 2 N–H and O–H groups in total. The van der Waals surface area contributed by atoms with Crippen LogP contribution in [0, 0.1) is 5.41 Å². The number of hydrogen-bond acceptors (Lipinski definition) is 5. The molecule has 0 saturated carbocycles. The number of amides is 2. The summed E-state index contributed by atoms with van der Waals surface area (Å²) in [5.74, 6) is 0.482. The molecule has 7 heteroatoms. The standard InChI is InChI=1S/C21H31N5O2/c1-16-13-18(24-23-16)20(28)25-11-7-21(8-12-25)6-4-19(27)26(15-21)10-5-17-3-2-9-22-14-17/h2-3,9,14,16,18,23-24H,4-8,10-13,15H2,1H3. The topological polar surface area (TPSA) is 77.6 Å². The van der Waals surface area contributed by atoms with E-state index < -0.39 is 0 Å². The Hall–Kier alpha value is -1.99. The molecule has 1 aromatic rings. The molecule has 0 radical (unpaired) electrons. The first-order valence-corrected chi connectivity index (χ1v) is 10.5. The Morgan fingerprint density at radius 3 is 2.79 bits per heavy atom. The number of piperidine rings is 2. The van der Waals surface area contributed by atoms with Crippen molar-refractivity contribution in [3.05, 3.63) is 30.1 Å². The highest BCUT2D eigenvalue weighted by molar-refractivity contribution is 5.82. The molecule has 0 bridgehead atoms. The van der Waals surface area contributed by atoms with Gasteiger partial charge in [-0.1, -0.05) is 6.07 Å². The third-order valence-electron chi connectivity index (χ3n) is 6.67. The number of hydrogen-bond donors (Lipinski definition) is 2. The second-order valence-electron chi connectivity index (χ2n) is 8.73. The van der Waals surface area contributed by atoms with E-state index >= 15 is 0 Å². The van der Waals surface area contributed by atoms with Gasteiger partial charge in [0.15, 0.2) is 0 Å². The summed E-state index contributed by atoms with van der Waals surface area (Å²) in [5.41, 5.74) is 7.60. The van der Waals surface area contributed by atoms with Crippen LogP contribution in [-0.2, 0) is 16.0 Å². The summed E-state index contributed by atoms with van der Waals surface area (Å²) in [6.07, 6.45) is 8.91. The molecule has 0 aliphatic carbocycles. The minimum atomic E-state index is -0.104. The number of rotatable bonds is 4. The molecule has 152 valence electrons. The van der Waals surface area contributed by atoms with E-state index in [1.807, 2.05) is 22.1 Å². The van der Waals surface area contributed by atoms with Crippen molar-refractivity contribution >= 4 is 11.8 Å². The van der Waals surface area contributed by atoms with Crippen molar-refractivity contribution in [1.82, 2.24) is 25.6 Å². The molecule has 7 nitrogen and oxygen atoms in total. The predicted molar refractivity (Wildman–Crippen MR) is 106 cm³/mol. The fourth-order valence-corrected chi connectivity index (χ4v) is 4.82. The molecule has 4 rings (SSSR count). The third kappa shape index (κ3) is 4.20. The van der Waals surface area contributed by atoms with Crippen molar-refractivity contribution < 1.29 is 9.59 Å². The molecule has 3 fully saturated rings. The number of hydrazine groups is 1. The molecular weight excluding hydrogens is 354 g/mol. The number of pyridine rings is 1. The number of nitrogens with zero attached hydrogens (tertiary/aromatic N) is 3. The molecule has 28 heavy (non-hydrogen) atoms. The number of aromatic nitrogens is 1. The summed E-state index contributed by atoms with van der Waals surface area (Å²) in [7, 11) is 0. The van der Waals surface area contributed by atoms with E-state index in [2.05, 4.69) is 28.8 Å². The van der Waals surface area contributed by atoms with Crippen LogP contribution in [0.3, 0.4) is 0 Å². The van der Waals surface area contributed by atoms with Gasteiger partial charge < -0.3 is 9.80 Å². The lowest BCUT2D eigenvalue weighted by atomic mass is 9.72. The van der Waals surface area contributed by atoms with Crippen molar-refractivity contribution in [2.75, 3.05) is 26.2 Å². The number of carbonyl (C=O) groups excluding carboxylic acids is 2. The van der Waals surface area contributed by atoms with Gasteiger partial charge in [-0.3, -0.25) is 20.0 Å². The summed E-state index contributed by atoms with van der Waals surface area (Å²) in [6.45, 7) is 5.27. The van der Waals surface area contributed by atoms with E-state index in [1.54, 1.807) is 6.20 Å². The van der Waals surface area contributed by atoms with E-state index in [0.717, 1.165) is 58.3 Å². The maximum absolute atomic E-state index is 12.7. The first kappa shape index (κ1) is 19.3. The highest BCUT2D eigenvalue weighted by atomic mass is 16.2. The zero-order chi connectivity index (χ0) is 19.6. The van der Waals surface area contributed by atoms with Gasteiger partial charge in [-0.05, 0) is 56.1 Å². The highest BCUT2D eigenvalue weighted by Crippen LogP contribution is 2.40. The van der Waals surface area contributed by atoms with Crippen LogP contribution in [0.1, 0.15) is 44.6 Å². The van der Waals surface area contributed by atoms with Gasteiger partial charge in [0, 0.05) is 51.0 Å². The first-order chi connectivity index (χ1) is 13.5. The number of likely N-dealkylation sites (tertiary alicyclic amines) is 2. The number of nitrogens with one attached hydrogen (secondary N) is 2. The Morgan fingerprint density at radius 1 is 1.29 bits per heavy atom. The molecule has 3 aliphatic heterocycles. The molecule has 2 unspecified atom stereocenters. The summed E-state index contributed by atoms with van der Waals surface area (Å²) in [6, 6.07) is 4.24. The van der Waals surface area contributed by atoms with Crippen molar-refractivity contribution in [2.24, 2.45) is 5.41 Å². The average molecular weight is 386 g/mol. The first-order valence-electron chi connectivity index (χ1n) is 10.5. The largest absolute Gasteiger partial charge is 0.342 e. The lowest BCUT2D eigenvalue weighted by Gasteiger charge is -2.47. The Balaban J connectivity index is 1.31. The predicted octanol–water partition coefficient (Wildman–Crippen LogP) is 1.11. The molecule has 2 atom stereocenters. The maximum atomic E-state index is 12.7. The monoisotopic (exact) mass is 385 g/mol. The minimum absolute atomic E-state index is 0.104. The van der Waals surface area contributed by atoms with Crippen molar-refractivity contribution in [1.29, 1.82) is 0 Å². The van der Waals surface area contributed by atoms with Crippen LogP contribution < -0.4 is 10.9 Å². The van der Waals surface area contributed by atoms with Gasteiger partial charge in [0.05, 0.1) is 0 Å². The second-order valence-corrected chi connectivity index (χ2v) is 8.73. The van der Waals surface area contributed by atoms with Gasteiger partial charge in [-0.25, -0.2) is 5.43 Å². The molecule has 2 amide bonds. The summed E-state index contributed by atoms with van der Waals surface area (Å²) < 4.78 is 0. The van der Waals surface area contributed by atoms with E-state index in [-0.39, 0.29) is 23.3 Å². The van der Waals surface area contributed by atoms with E-state index in [1.165, 1.54) is 5.56 Å². The van der Waals surface area contributed by atoms with Gasteiger partial charge in [0.2, 0.25) is 11.8 Å². The van der Waals surface area contributed by atoms with Crippen molar-refractivity contribution in [2.45, 2.75) is 57.5 Å². The fourth-order valence-electron chi connectivity index (χ4n) is 4.82. The Bertz CT molecular complexity index is 702. The normalized spacial score (nSPS) is 27.4. The molecule has 4 heterocycles. The summed E-state index contributed by atoms with van der Waals surface area (Å²) >= 11 is 0. The lowest BCUT2D eigenvalue weighted by Crippen LogP contribution is -2.54. The van der Waals surface area contributed by atoms with Gasteiger partial charge in [-0.15, -0.1) is 0 Å². The van der Waals surface area contributed by atoms with E-state index in [0.29, 0.717) is 12.5 Å². The van der Waals surface area contributed by atoms with Crippen molar-refractivity contribution in [3.8, 4) is 0 Å². The molecule has 0 aromatic carbocycles. The Labute approximate surface area is 166 Å². The molecule has 1 spiro atoms. The zero-order valence-corrected chi connectivity index (χ0v) is 16.7. The lowest BCUT2D eigenvalue weighted by molar-refractivity contribution is -0.143. The zero-order valence-electron chi connectivity index (χ0n) is 16.7. The van der Waals surface area contributed by atoms with Crippen LogP contribution in [0.2, 0.25) is 0 Å². The quantitative estimate of drug-likeness (QED) is 0.812. The minimum Gasteiger partial charge on any atom is -0.342 e. The SMILES string of the molecule is CC1CC(C(=O)N2CCC3(CCC(=O)N(CCc4cccnc4)C3)CC2)NN1. The van der Waals surface area contributed by atoms with E-state index in [4.69, 9.17) is 0 Å². The molecule has 3 saturated heterocycles. The molecule has 3 aliphatic rings. The van der Waals surface area contributed by atoms with Crippen molar-refractivity contribution in [3.63, 3.8) is 0 Å². The van der Waals surface area contributed by atoms with Crippen LogP contribution in [0.15, 0.2) is 24.5 Å². The van der Waals surface area contributed by atoms with E-state index in [9.17, 15) is 9.59 Å². The number of carbonyl (C=O) groups is 2. The second kappa shape index (κ2) is 8.17. The van der Waals surface area contributed by atoms with Crippen LogP contribution in [0.4, 0.5) is 0 Å². The summed E-state index contributed by atoms with van der Waals surface area (Å²) in [4.78, 5) is 33.4. The summed E-state index contributed by atoms with van der Waals surface area (Å²) in [5, 5.41) is 0. The van der Waals surface area contributed by atoms with Gasteiger partial charge >= 0.3 is 0 Å². The maximum Gasteiger partial charge on any atom is 0.241 e. The molecule has 1 aromatic heterocycles. The van der Waals surface area contributed by atoms with Gasteiger partial charge in [-0.2, -0.15) is 0 Å². The highest BCUT2D eigenvalue weighted by Gasteiger charge is 2.42. The Morgan fingerprint density at radius 2 is 2.11 bits per heavy atom. The van der Waals surface area contributed by atoms with Crippen LogP contribution >= 0.6 is 0 Å². The van der Waals surface area contributed by atoms with Crippen LogP contribution in [0.25, 0.3) is 0 Å². The fraction of sp³-hybridized carbons (Fsp3) is 0.667. The molecular formula is C21H31N5O2. The van der Waals surface area contributed by atoms with Crippen LogP contribution in [0.5, 0.6) is 0 Å². The average Bonchev–Trinajstić information content (AvgIpc) is 3.16. The van der Waals surface area contributed by atoms with Crippen LogP contribution in [-0.4, -0.2) is 64.9 Å².